The molecule has 0 aliphatic carbocycles. The van der Waals surface area contributed by atoms with Crippen molar-refractivity contribution >= 4 is 11.2 Å². The van der Waals surface area contributed by atoms with Gasteiger partial charge in [0.1, 0.15) is 11.3 Å². The molecule has 0 saturated carbocycles. The van der Waals surface area contributed by atoms with E-state index < -0.39 is 0 Å². The van der Waals surface area contributed by atoms with Gasteiger partial charge < -0.3 is 14.6 Å². The maximum atomic E-state index is 5.53. The van der Waals surface area contributed by atoms with Gasteiger partial charge in [-0.05, 0) is 50.9 Å². The van der Waals surface area contributed by atoms with Gasteiger partial charge in [-0.2, -0.15) is 0 Å². The van der Waals surface area contributed by atoms with Crippen molar-refractivity contribution < 1.29 is 4.74 Å². The van der Waals surface area contributed by atoms with Crippen LogP contribution in [-0.2, 0) is 4.74 Å². The summed E-state index contributed by atoms with van der Waals surface area (Å²) in [6.45, 7) is 3.88. The van der Waals surface area contributed by atoms with Gasteiger partial charge in [0.15, 0.2) is 5.65 Å². The fourth-order valence-electron chi connectivity index (χ4n) is 3.62. The summed E-state index contributed by atoms with van der Waals surface area (Å²) >= 11 is 0. The lowest BCUT2D eigenvalue weighted by Gasteiger charge is -2.29. The van der Waals surface area contributed by atoms with Crippen molar-refractivity contribution in [2.45, 2.75) is 37.6 Å². The third-order valence-electron chi connectivity index (χ3n) is 4.74. The summed E-state index contributed by atoms with van der Waals surface area (Å²) in [5.41, 5.74) is 2.09. The maximum Gasteiger partial charge on any atom is 0.160 e. The molecule has 1 N–H and O–H groups in total. The number of hydrogen-bond acceptors (Lipinski definition) is 4. The average molecular weight is 286 g/mol. The Morgan fingerprint density at radius 1 is 1.14 bits per heavy atom. The van der Waals surface area contributed by atoms with Crippen LogP contribution in [0.3, 0.4) is 0 Å². The second-order valence-corrected chi connectivity index (χ2v) is 6.05. The van der Waals surface area contributed by atoms with Crippen LogP contribution in [0.2, 0.25) is 0 Å². The van der Waals surface area contributed by atoms with Crippen LogP contribution in [0.15, 0.2) is 18.3 Å². The van der Waals surface area contributed by atoms with E-state index in [-0.39, 0.29) is 0 Å². The third-order valence-corrected chi connectivity index (χ3v) is 4.74. The molecule has 0 atom stereocenters. The summed E-state index contributed by atoms with van der Waals surface area (Å²) < 4.78 is 7.96. The van der Waals surface area contributed by atoms with Crippen molar-refractivity contribution in [3.8, 4) is 0 Å². The summed E-state index contributed by atoms with van der Waals surface area (Å²) in [6, 6.07) is 4.56. The Morgan fingerprint density at radius 2 is 1.95 bits per heavy atom. The highest BCUT2D eigenvalue weighted by Gasteiger charge is 2.27. The van der Waals surface area contributed by atoms with E-state index in [2.05, 4.69) is 20.9 Å². The molecule has 0 bridgehead atoms. The Balaban J connectivity index is 1.79. The predicted octanol–water partition coefficient (Wildman–Crippen LogP) is 2.25. The standard InChI is InChI=1S/C16H22N4O/c1-2-14-16(18-7-1)20(13-5-10-21-11-6-13)15(19-14)12-3-8-17-9-4-12/h1-2,7,12-13,17H,3-6,8-11H2. The number of fused-ring (bicyclic) bond motifs is 1. The molecule has 4 heterocycles. The minimum atomic E-state index is 0.489. The summed E-state index contributed by atoms with van der Waals surface area (Å²) in [7, 11) is 0. The topological polar surface area (TPSA) is 52.0 Å². The molecule has 2 saturated heterocycles. The van der Waals surface area contributed by atoms with Crippen molar-refractivity contribution in [2.24, 2.45) is 0 Å². The van der Waals surface area contributed by atoms with E-state index in [1.54, 1.807) is 0 Å². The first-order chi connectivity index (χ1) is 10.4. The molecule has 2 fully saturated rings. The zero-order chi connectivity index (χ0) is 14.1. The number of rotatable bonds is 2. The van der Waals surface area contributed by atoms with Crippen molar-refractivity contribution in [1.82, 2.24) is 19.9 Å². The first-order valence-electron chi connectivity index (χ1n) is 8.05. The second kappa shape index (κ2) is 5.73. The van der Waals surface area contributed by atoms with Gasteiger partial charge in [0.05, 0.1) is 0 Å². The Hall–Kier alpha value is -1.46. The number of nitrogens with one attached hydrogen (secondary N) is 1. The molecule has 2 aromatic heterocycles. The van der Waals surface area contributed by atoms with E-state index in [0.29, 0.717) is 12.0 Å². The molecule has 0 radical (unpaired) electrons. The average Bonchev–Trinajstić information content (AvgIpc) is 2.96. The van der Waals surface area contributed by atoms with Gasteiger partial charge in [0, 0.05) is 31.4 Å². The van der Waals surface area contributed by atoms with Gasteiger partial charge in [0.25, 0.3) is 0 Å². The quantitative estimate of drug-likeness (QED) is 0.920. The maximum absolute atomic E-state index is 5.53. The van der Waals surface area contributed by atoms with E-state index in [1.807, 2.05) is 12.3 Å². The molecule has 4 rings (SSSR count). The normalized spacial score (nSPS) is 21.9. The molecule has 2 aliphatic rings. The Labute approximate surface area is 124 Å². The number of hydrogen-bond donors (Lipinski definition) is 1. The smallest absolute Gasteiger partial charge is 0.160 e. The van der Waals surface area contributed by atoms with Gasteiger partial charge in [-0.3, -0.25) is 0 Å². The van der Waals surface area contributed by atoms with Crippen LogP contribution < -0.4 is 5.32 Å². The monoisotopic (exact) mass is 286 g/mol. The molecule has 5 heteroatoms. The minimum Gasteiger partial charge on any atom is -0.381 e. The largest absolute Gasteiger partial charge is 0.381 e. The fraction of sp³-hybridized carbons (Fsp3) is 0.625. The van der Waals surface area contributed by atoms with Crippen LogP contribution in [-0.4, -0.2) is 40.8 Å². The van der Waals surface area contributed by atoms with Crippen LogP contribution in [0.4, 0.5) is 0 Å². The molecule has 0 aromatic carbocycles. The van der Waals surface area contributed by atoms with Gasteiger partial charge >= 0.3 is 0 Å². The van der Waals surface area contributed by atoms with Crippen LogP contribution >= 0.6 is 0 Å². The van der Waals surface area contributed by atoms with Crippen molar-refractivity contribution in [2.75, 3.05) is 26.3 Å². The van der Waals surface area contributed by atoms with Gasteiger partial charge in [-0.25, -0.2) is 9.97 Å². The van der Waals surface area contributed by atoms with Crippen LogP contribution in [0.25, 0.3) is 11.2 Å². The SMILES string of the molecule is c1cnc2c(c1)nc(C1CCNCC1)n2C1CCOCC1. The molecule has 2 aliphatic heterocycles. The lowest BCUT2D eigenvalue weighted by atomic mass is 9.96. The third kappa shape index (κ3) is 2.45. The van der Waals surface area contributed by atoms with E-state index in [4.69, 9.17) is 9.72 Å². The molecule has 0 amide bonds. The summed E-state index contributed by atoms with van der Waals surface area (Å²) in [6.07, 6.45) is 6.37. The molecule has 112 valence electrons. The minimum absolute atomic E-state index is 0.489. The molecule has 5 nitrogen and oxygen atoms in total. The first-order valence-corrected chi connectivity index (χ1v) is 8.05. The van der Waals surface area contributed by atoms with Crippen LogP contribution in [0.5, 0.6) is 0 Å². The van der Waals surface area contributed by atoms with Gasteiger partial charge in [-0.1, -0.05) is 0 Å². The molecular formula is C16H22N4O. The highest BCUT2D eigenvalue weighted by molar-refractivity contribution is 5.71. The molecule has 0 spiro atoms. The lowest BCUT2D eigenvalue weighted by Crippen LogP contribution is -2.29. The van der Waals surface area contributed by atoms with Crippen molar-refractivity contribution in [3.63, 3.8) is 0 Å². The Bertz CT molecular complexity index is 612. The van der Waals surface area contributed by atoms with E-state index in [9.17, 15) is 0 Å². The Kier molecular flexibility index (Phi) is 3.61. The van der Waals surface area contributed by atoms with E-state index in [0.717, 1.165) is 50.3 Å². The predicted molar refractivity (Wildman–Crippen MR) is 81.5 cm³/mol. The van der Waals surface area contributed by atoms with Crippen LogP contribution in [0.1, 0.15) is 43.5 Å². The number of piperidine rings is 1. The second-order valence-electron chi connectivity index (χ2n) is 6.05. The number of aromatic nitrogens is 3. The van der Waals surface area contributed by atoms with Crippen molar-refractivity contribution in [3.05, 3.63) is 24.2 Å². The highest BCUT2D eigenvalue weighted by atomic mass is 16.5. The summed E-state index contributed by atoms with van der Waals surface area (Å²) in [4.78, 5) is 9.56. The summed E-state index contributed by atoms with van der Waals surface area (Å²) in [5, 5.41) is 3.44. The zero-order valence-electron chi connectivity index (χ0n) is 12.3. The van der Waals surface area contributed by atoms with Crippen molar-refractivity contribution in [1.29, 1.82) is 0 Å². The van der Waals surface area contributed by atoms with Gasteiger partial charge in [-0.15, -0.1) is 0 Å². The summed E-state index contributed by atoms with van der Waals surface area (Å²) in [5.74, 6) is 1.81. The van der Waals surface area contributed by atoms with E-state index in [1.165, 1.54) is 18.7 Å². The highest BCUT2D eigenvalue weighted by Crippen LogP contribution is 2.33. The number of ether oxygens (including phenoxy) is 1. The first kappa shape index (κ1) is 13.2. The number of nitrogens with zero attached hydrogens (tertiary/aromatic N) is 3. The van der Waals surface area contributed by atoms with Crippen LogP contribution in [0, 0.1) is 0 Å². The fourth-order valence-corrected chi connectivity index (χ4v) is 3.62. The van der Waals surface area contributed by atoms with E-state index >= 15 is 0 Å². The molecule has 21 heavy (non-hydrogen) atoms. The molecular weight excluding hydrogens is 264 g/mol. The molecule has 0 unspecified atom stereocenters. The molecule has 2 aromatic rings. The number of imidazole rings is 1. The lowest BCUT2D eigenvalue weighted by molar-refractivity contribution is 0.0693. The number of pyridine rings is 1. The zero-order valence-corrected chi connectivity index (χ0v) is 12.3. The Morgan fingerprint density at radius 3 is 2.76 bits per heavy atom. The van der Waals surface area contributed by atoms with Gasteiger partial charge in [0.2, 0.25) is 0 Å².